The number of pyridine rings is 1. The molecule has 1 saturated heterocycles. The highest BCUT2D eigenvalue weighted by atomic mass is 16.6. The summed E-state index contributed by atoms with van der Waals surface area (Å²) in [5.74, 6) is -3.94. The molecule has 0 spiro atoms. The van der Waals surface area contributed by atoms with Crippen molar-refractivity contribution < 1.29 is 38.5 Å². The van der Waals surface area contributed by atoms with E-state index in [0.717, 1.165) is 0 Å². The summed E-state index contributed by atoms with van der Waals surface area (Å²) in [6.45, 7) is 11.2. The predicted molar refractivity (Wildman–Crippen MR) is 128 cm³/mol. The number of hydrogen-bond acceptors (Lipinski definition) is 9. The molecule has 200 valence electrons. The van der Waals surface area contributed by atoms with Crippen LogP contribution in [0.15, 0.2) is 24.5 Å². The van der Waals surface area contributed by atoms with Crippen molar-refractivity contribution in [3.63, 3.8) is 0 Å². The Balaban J connectivity index is 2.45. The number of nitrogens with zero attached hydrogens (tertiary/aromatic N) is 1. The monoisotopic (exact) mass is 507 g/mol. The van der Waals surface area contributed by atoms with E-state index < -0.39 is 71.8 Å². The first kappa shape index (κ1) is 29.0. The minimum absolute atomic E-state index is 0.138. The number of rotatable bonds is 4. The Morgan fingerprint density at radius 3 is 2.42 bits per heavy atom. The van der Waals surface area contributed by atoms with Crippen LogP contribution in [0.4, 0.5) is 4.79 Å². The highest BCUT2D eigenvalue weighted by molar-refractivity contribution is 5.88. The lowest BCUT2D eigenvalue weighted by Crippen LogP contribution is -2.60. The van der Waals surface area contributed by atoms with E-state index in [2.05, 4.69) is 15.6 Å². The number of alkyl carbamates (subject to hydrolysis) is 1. The highest BCUT2D eigenvalue weighted by Gasteiger charge is 2.41. The molecule has 0 saturated carbocycles. The van der Waals surface area contributed by atoms with Crippen molar-refractivity contribution in [3.05, 3.63) is 30.1 Å². The number of esters is 2. The fourth-order valence-electron chi connectivity index (χ4n) is 3.63. The van der Waals surface area contributed by atoms with Crippen LogP contribution >= 0.6 is 0 Å². The van der Waals surface area contributed by atoms with Crippen molar-refractivity contribution in [2.75, 3.05) is 0 Å². The van der Waals surface area contributed by atoms with Gasteiger partial charge in [-0.1, -0.05) is 19.9 Å². The maximum atomic E-state index is 13.4. The fraction of sp³-hybridized carbons (Fsp3) is 0.640. The molecule has 2 amide bonds. The van der Waals surface area contributed by atoms with Gasteiger partial charge >= 0.3 is 18.0 Å². The number of ether oxygens (including phenoxy) is 3. The summed E-state index contributed by atoms with van der Waals surface area (Å²) >= 11 is 0. The lowest BCUT2D eigenvalue weighted by molar-refractivity contribution is -0.180. The van der Waals surface area contributed by atoms with Crippen molar-refractivity contribution in [2.45, 2.75) is 90.9 Å². The van der Waals surface area contributed by atoms with Gasteiger partial charge in [-0.2, -0.15) is 0 Å². The van der Waals surface area contributed by atoms with Gasteiger partial charge in [0.1, 0.15) is 17.7 Å². The summed E-state index contributed by atoms with van der Waals surface area (Å²) in [7, 11) is 0. The van der Waals surface area contributed by atoms with Gasteiger partial charge in [0.2, 0.25) is 12.0 Å². The number of aromatic nitrogens is 1. The lowest BCUT2D eigenvalue weighted by atomic mass is 9.92. The predicted octanol–water partition coefficient (Wildman–Crippen LogP) is 1.51. The maximum Gasteiger partial charge on any atom is 0.408 e. The number of carbonyl (C=O) groups excluding carboxylic acids is 4. The number of aliphatic hydroxyl groups excluding tert-OH is 1. The summed E-state index contributed by atoms with van der Waals surface area (Å²) in [4.78, 5) is 55.6. The lowest BCUT2D eigenvalue weighted by Gasteiger charge is -2.33. The second-order valence-corrected chi connectivity index (χ2v) is 10.3. The first-order chi connectivity index (χ1) is 16.7. The van der Waals surface area contributed by atoms with Crippen LogP contribution in [0.3, 0.4) is 0 Å². The first-order valence-electron chi connectivity index (χ1n) is 12.0. The van der Waals surface area contributed by atoms with Crippen LogP contribution < -0.4 is 10.6 Å². The summed E-state index contributed by atoms with van der Waals surface area (Å²) in [6.07, 6.45) is -1.38. The van der Waals surface area contributed by atoms with E-state index >= 15 is 0 Å². The number of carbonyl (C=O) groups is 4. The molecule has 11 heteroatoms. The Hall–Kier alpha value is -3.21. The van der Waals surface area contributed by atoms with Gasteiger partial charge in [0.25, 0.3) is 0 Å². The van der Waals surface area contributed by atoms with E-state index in [1.165, 1.54) is 13.8 Å². The summed E-state index contributed by atoms with van der Waals surface area (Å²) in [6, 6.07) is 1.16. The Morgan fingerprint density at radius 1 is 1.19 bits per heavy atom. The minimum Gasteiger partial charge on any atom is -0.457 e. The molecule has 1 aliphatic heterocycles. The topological polar surface area (TPSA) is 153 Å². The normalized spacial score (nSPS) is 28.2. The SMILES string of the molecule is CC(C)[C@@H]1OC(=O)[C@H](C)[C@H](O)[C@H](Cc2cccnc2)NC(=O)[C@@H](NC(=O)OC(C)(C)C)[C@@H](C)OC1=O. The van der Waals surface area contributed by atoms with Crippen LogP contribution in [0, 0.1) is 11.8 Å². The molecule has 0 bridgehead atoms. The van der Waals surface area contributed by atoms with Gasteiger partial charge < -0.3 is 30.0 Å². The second kappa shape index (κ2) is 12.2. The molecule has 3 N–H and O–H groups in total. The largest absolute Gasteiger partial charge is 0.457 e. The van der Waals surface area contributed by atoms with Gasteiger partial charge in [-0.25, -0.2) is 9.59 Å². The average Bonchev–Trinajstić information content (AvgIpc) is 2.77. The first-order valence-corrected chi connectivity index (χ1v) is 12.0. The number of cyclic esters (lactones) is 2. The smallest absolute Gasteiger partial charge is 0.408 e. The van der Waals surface area contributed by atoms with Crippen molar-refractivity contribution in [1.29, 1.82) is 0 Å². The van der Waals surface area contributed by atoms with Crippen molar-refractivity contribution in [3.8, 4) is 0 Å². The highest BCUT2D eigenvalue weighted by Crippen LogP contribution is 2.20. The molecule has 1 aromatic heterocycles. The maximum absolute atomic E-state index is 13.4. The number of nitrogens with one attached hydrogen (secondary N) is 2. The van der Waals surface area contributed by atoms with Gasteiger partial charge in [-0.3, -0.25) is 14.6 Å². The Morgan fingerprint density at radius 2 is 1.86 bits per heavy atom. The molecular weight excluding hydrogens is 470 g/mol. The zero-order valence-corrected chi connectivity index (χ0v) is 21.8. The summed E-state index contributed by atoms with van der Waals surface area (Å²) < 4.78 is 16.2. The van der Waals surface area contributed by atoms with Gasteiger partial charge in [-0.05, 0) is 52.7 Å². The Kier molecular flexibility index (Phi) is 9.80. The van der Waals surface area contributed by atoms with Gasteiger partial charge in [0, 0.05) is 18.3 Å². The van der Waals surface area contributed by atoms with Crippen LogP contribution in [0.2, 0.25) is 0 Å². The zero-order chi connectivity index (χ0) is 27.2. The molecule has 6 atom stereocenters. The number of amides is 2. The van der Waals surface area contributed by atoms with Gasteiger partial charge in [0.15, 0.2) is 0 Å². The molecule has 0 radical (unpaired) electrons. The van der Waals surface area contributed by atoms with Crippen molar-refractivity contribution in [2.24, 2.45) is 11.8 Å². The molecule has 0 unspecified atom stereocenters. The van der Waals surface area contributed by atoms with E-state index in [-0.39, 0.29) is 6.42 Å². The van der Waals surface area contributed by atoms with Crippen LogP contribution in [0.5, 0.6) is 0 Å². The van der Waals surface area contributed by atoms with Crippen LogP contribution in [0.25, 0.3) is 0 Å². The third-order valence-corrected chi connectivity index (χ3v) is 5.61. The van der Waals surface area contributed by atoms with Crippen LogP contribution in [-0.4, -0.2) is 70.0 Å². The van der Waals surface area contributed by atoms with E-state index in [1.807, 2.05) is 0 Å². The number of hydrogen-bond donors (Lipinski definition) is 3. The van der Waals surface area contributed by atoms with E-state index in [4.69, 9.17) is 14.2 Å². The molecule has 2 rings (SSSR count). The van der Waals surface area contributed by atoms with Gasteiger partial charge in [-0.15, -0.1) is 0 Å². The third kappa shape index (κ3) is 8.18. The summed E-state index contributed by atoms with van der Waals surface area (Å²) in [5.41, 5.74) is -0.136. The van der Waals surface area contributed by atoms with Gasteiger partial charge in [0.05, 0.1) is 18.1 Å². The fourth-order valence-corrected chi connectivity index (χ4v) is 3.63. The molecule has 1 aromatic rings. The third-order valence-electron chi connectivity index (χ3n) is 5.61. The van der Waals surface area contributed by atoms with E-state index in [0.29, 0.717) is 5.56 Å². The Bertz CT molecular complexity index is 931. The van der Waals surface area contributed by atoms with Crippen molar-refractivity contribution in [1.82, 2.24) is 15.6 Å². The zero-order valence-electron chi connectivity index (χ0n) is 21.8. The van der Waals surface area contributed by atoms with E-state index in [9.17, 15) is 24.3 Å². The molecule has 36 heavy (non-hydrogen) atoms. The van der Waals surface area contributed by atoms with E-state index in [1.54, 1.807) is 59.1 Å². The minimum atomic E-state index is -1.37. The molecule has 0 aliphatic carbocycles. The number of aliphatic hydroxyl groups is 1. The molecule has 2 heterocycles. The van der Waals surface area contributed by atoms with Crippen molar-refractivity contribution >= 4 is 23.9 Å². The quantitative estimate of drug-likeness (QED) is 0.406. The molecule has 0 aromatic carbocycles. The summed E-state index contributed by atoms with van der Waals surface area (Å²) in [5, 5.41) is 16.2. The van der Waals surface area contributed by atoms with Crippen LogP contribution in [0.1, 0.15) is 54.0 Å². The molecule has 11 nitrogen and oxygen atoms in total. The standard InChI is InChI=1S/C25H37N3O8/c1-13(2)20-23(32)34-15(4)18(28-24(33)36-25(5,6)7)21(30)27-17(11-16-9-8-10-26-12-16)19(29)14(3)22(31)35-20/h8-10,12-15,17-20,29H,11H2,1-7H3,(H,27,30)(H,28,33)/t14-,15-,17+,18+,19+,20+/m1/s1. The molecule has 1 aliphatic rings. The Labute approximate surface area is 211 Å². The molecule has 1 fully saturated rings. The molecular formula is C25H37N3O8. The second-order valence-electron chi connectivity index (χ2n) is 10.3. The average molecular weight is 508 g/mol. The van der Waals surface area contributed by atoms with Crippen LogP contribution in [-0.2, 0) is 35.0 Å².